The van der Waals surface area contributed by atoms with Crippen LogP contribution in [0.1, 0.15) is 113 Å². The number of guanidine groups is 1. The van der Waals surface area contributed by atoms with Gasteiger partial charge in [0.25, 0.3) is 0 Å². The minimum absolute atomic E-state index is 0.00905. The molecule has 11 amide bonds. The Bertz CT molecular complexity index is 5570. The van der Waals surface area contributed by atoms with Gasteiger partial charge in [-0.15, -0.1) is 0 Å². The number of para-hydroxylation sites is 2. The molecular weight excluding hydrogens is 1600 g/mol. The number of hydrogen-bond acceptors (Lipinski definition) is 19. The van der Waals surface area contributed by atoms with Crippen molar-refractivity contribution in [3.05, 3.63) is 203 Å². The SMILES string of the molecule is CC(C)CC(NC(=O)C(Cc1c[nH]c2ccccc12)NC(=O)C(Cc1ccc(O)cc1)NC(=O)C(CO)NC(=O)C(Cc1c[nH]c2ccccc12)NC(=O)C(Cc1cnc[nH]1)NC(=O)C1CCC(=O)N1)C(=O)NC(CCCN=C(N)N)C(=O)N1CCCC1C(=O)NCC(N)=O.O=C(O)c1cc2ccccc2c(Cc2c(O)c(C(=O)O)cc3ccccc23)c1O. The summed E-state index contributed by atoms with van der Waals surface area (Å²) in [7, 11) is 0. The molecule has 5 heterocycles. The standard InChI is InChI=1S/C64H82N18O13.C23H16O6/c1-34(2)23-46(56(88)75-45(13-7-21-69-64(66)67)63(95)82-22-8-14-52(82)62(94)72-31-53(65)85)76-58(90)48(25-36-28-70-42-11-5-3-9-40(36)42)78-57(89)47(24-35-15-17-39(84)18-16-35)77-61(93)51(32-83)81-59(91)49(26-37-29-71-43-12-6-4-10-41(37)43)79-60(92)50(27-38-30-68-33-73-38)80-55(87)44-19-20-54(86)74-44;24-20-16(14-7-3-1-5-12(14)9-18(20)22(26)27)11-17-15-8-4-2-6-13(15)10-19(21(17)25)23(28)29/h3-6,9-12,15-18,28-30,33-34,44-52,70-71,83-84H,7-8,13-14,19-27,31-32H2,1-2H3,(H2,65,85)(H,68,73)(H,72,94)(H,74,86)(H,75,88)(H,76,90)(H,77,93)(H,78,89)(H,79,92)(H,80,87)(H,81,91)(H4,66,67,69);1-10,24-25H,11H2,(H,26,27)(H,28,29). The predicted octanol–water partition coefficient (Wildman–Crippen LogP) is 2.10. The summed E-state index contributed by atoms with van der Waals surface area (Å²) in [5, 5.41) is 89.3. The van der Waals surface area contributed by atoms with Gasteiger partial charge >= 0.3 is 11.9 Å². The number of carboxylic acids is 2. The predicted molar refractivity (Wildman–Crippen MR) is 454 cm³/mol. The molecule has 37 heteroatoms. The number of rotatable bonds is 37. The second kappa shape index (κ2) is 41.4. The highest BCUT2D eigenvalue weighted by Gasteiger charge is 2.41. The highest BCUT2D eigenvalue weighted by Crippen LogP contribution is 2.39. The molecular formula is C87H98N18O19. The lowest BCUT2D eigenvalue weighted by Gasteiger charge is -2.30. The van der Waals surface area contributed by atoms with Gasteiger partial charge in [0.1, 0.15) is 82.8 Å². The summed E-state index contributed by atoms with van der Waals surface area (Å²) in [4.78, 5) is 195. The maximum atomic E-state index is 15.1. The van der Waals surface area contributed by atoms with Crippen LogP contribution in [0, 0.1) is 5.92 Å². The van der Waals surface area contributed by atoms with Gasteiger partial charge in [-0.2, -0.15) is 0 Å². The van der Waals surface area contributed by atoms with E-state index in [2.05, 4.69) is 72.8 Å². The third-order valence-corrected chi connectivity index (χ3v) is 21.5. The van der Waals surface area contributed by atoms with Crippen LogP contribution in [0.5, 0.6) is 17.2 Å². The van der Waals surface area contributed by atoms with Gasteiger partial charge in [0.15, 0.2) is 5.96 Å². The van der Waals surface area contributed by atoms with Crippen LogP contribution in [-0.4, -0.2) is 219 Å². The number of phenolic OH excluding ortho intramolecular Hbond substituents is 1. The van der Waals surface area contributed by atoms with Crippen molar-refractivity contribution in [2.24, 2.45) is 28.1 Å². The first-order valence-electron chi connectivity index (χ1n) is 40.2. The molecule has 2 aliphatic rings. The molecule has 37 nitrogen and oxygen atoms in total. The summed E-state index contributed by atoms with van der Waals surface area (Å²) >= 11 is 0. The quantitative estimate of drug-likeness (QED) is 0.0151. The van der Waals surface area contributed by atoms with E-state index in [1.807, 2.05) is 0 Å². The molecule has 10 aromatic rings. The van der Waals surface area contributed by atoms with Crippen molar-refractivity contribution < 1.29 is 93.0 Å². The number of aliphatic imine (C=N–C) groups is 1. The third-order valence-electron chi connectivity index (χ3n) is 21.5. The Hall–Kier alpha value is -14.9. The van der Waals surface area contributed by atoms with Crippen molar-refractivity contribution in [2.75, 3.05) is 26.2 Å². The average molecular weight is 1700 g/mol. The summed E-state index contributed by atoms with van der Waals surface area (Å²) in [6.07, 6.45) is 6.47. The molecule has 2 saturated heterocycles. The number of H-pyrrole nitrogens is 3. The van der Waals surface area contributed by atoms with Crippen LogP contribution < -0.4 is 65.1 Å². The van der Waals surface area contributed by atoms with E-state index in [-0.39, 0.29) is 118 Å². The van der Waals surface area contributed by atoms with Crippen LogP contribution in [0.15, 0.2) is 163 Å². The minimum atomic E-state index is -1.80. The van der Waals surface area contributed by atoms with Crippen molar-refractivity contribution in [1.82, 2.24) is 72.7 Å². The average Bonchev–Trinajstić information content (AvgIpc) is 1.20. The van der Waals surface area contributed by atoms with Crippen LogP contribution in [0.3, 0.4) is 0 Å². The number of primary amides is 1. The van der Waals surface area contributed by atoms with Crippen molar-refractivity contribution >= 4 is 126 Å². The van der Waals surface area contributed by atoms with Gasteiger partial charge in [-0.1, -0.05) is 111 Å². The molecule has 2 aliphatic heterocycles. The lowest BCUT2D eigenvalue weighted by Crippen LogP contribution is -2.61. The first-order valence-corrected chi connectivity index (χ1v) is 40.2. The highest BCUT2D eigenvalue weighted by molar-refractivity contribution is 6.04. The fourth-order valence-corrected chi connectivity index (χ4v) is 15.2. The zero-order chi connectivity index (χ0) is 89.0. The van der Waals surface area contributed by atoms with E-state index < -0.39 is 150 Å². The number of nitrogens with two attached hydrogens (primary N) is 3. The van der Waals surface area contributed by atoms with Crippen LogP contribution in [0.25, 0.3) is 43.4 Å². The molecule has 9 atom stereocenters. The van der Waals surface area contributed by atoms with Gasteiger partial charge in [0, 0.05) is 109 Å². The number of carbonyl (C=O) groups is 13. The van der Waals surface area contributed by atoms with E-state index in [4.69, 9.17) is 17.2 Å². The number of aliphatic hydroxyl groups is 1. The van der Waals surface area contributed by atoms with Gasteiger partial charge in [0.2, 0.25) is 65.0 Å². The molecule has 0 aliphatic carbocycles. The van der Waals surface area contributed by atoms with Gasteiger partial charge < -0.3 is 116 Å². The Morgan fingerprint density at radius 2 is 1.04 bits per heavy atom. The molecule has 9 unspecified atom stereocenters. The molecule has 3 aromatic heterocycles. The summed E-state index contributed by atoms with van der Waals surface area (Å²) < 4.78 is 0. The number of aliphatic hydroxyl groups excluding tert-OH is 1. The Kier molecular flexibility index (Phi) is 30.0. The number of likely N-dealkylation sites (tertiary alicyclic amines) is 1. The van der Waals surface area contributed by atoms with Crippen LogP contribution >= 0.6 is 0 Å². The number of amides is 11. The Labute approximate surface area is 708 Å². The maximum absolute atomic E-state index is 15.1. The Balaban J connectivity index is 0.000000430. The van der Waals surface area contributed by atoms with E-state index in [1.54, 1.807) is 123 Å². The fraction of sp³-hybridized carbons (Fsp3) is 0.322. The number of phenols is 3. The zero-order valence-corrected chi connectivity index (χ0v) is 67.7. The second-order valence-corrected chi connectivity index (χ2v) is 30.7. The molecule has 0 saturated carbocycles. The number of hydrogen-bond donors (Lipinski definition) is 21. The lowest BCUT2D eigenvalue weighted by molar-refractivity contribution is -0.142. The molecule has 7 aromatic carbocycles. The highest BCUT2D eigenvalue weighted by atomic mass is 16.4. The van der Waals surface area contributed by atoms with Crippen molar-refractivity contribution in [1.29, 1.82) is 0 Å². The molecule has 2 fully saturated rings. The molecule has 650 valence electrons. The fourth-order valence-electron chi connectivity index (χ4n) is 15.2. The van der Waals surface area contributed by atoms with Crippen molar-refractivity contribution in [2.45, 2.75) is 145 Å². The van der Waals surface area contributed by atoms with Crippen molar-refractivity contribution in [3.8, 4) is 17.2 Å². The zero-order valence-electron chi connectivity index (χ0n) is 67.7. The minimum Gasteiger partial charge on any atom is -0.508 e. The first kappa shape index (κ1) is 89.9. The number of nitrogens with one attached hydrogen (secondary N) is 12. The molecule has 0 radical (unpaired) electrons. The largest absolute Gasteiger partial charge is 0.508 e. The normalized spacial score (nSPS) is 15.3. The van der Waals surface area contributed by atoms with Gasteiger partial charge in [-0.3, -0.25) is 57.7 Å². The number of aromatic nitrogens is 4. The van der Waals surface area contributed by atoms with E-state index in [9.17, 15) is 83.4 Å². The van der Waals surface area contributed by atoms with E-state index in [1.165, 1.54) is 53.8 Å². The molecule has 0 bridgehead atoms. The second-order valence-electron chi connectivity index (χ2n) is 30.7. The first-order chi connectivity index (χ1) is 59.4. The summed E-state index contributed by atoms with van der Waals surface area (Å²) in [6.45, 7) is 2.33. The number of aromatic hydroxyl groups is 3. The summed E-state index contributed by atoms with van der Waals surface area (Å²) in [5.41, 5.74) is 19.9. The summed E-state index contributed by atoms with van der Waals surface area (Å²) in [6, 6.07) is 24.6. The number of benzene rings is 7. The Morgan fingerprint density at radius 1 is 0.556 bits per heavy atom. The van der Waals surface area contributed by atoms with Crippen LogP contribution in [-0.2, 0) is 84.8 Å². The van der Waals surface area contributed by atoms with E-state index in [0.717, 1.165) is 0 Å². The molecule has 0 spiro atoms. The lowest BCUT2D eigenvalue weighted by atomic mass is 9.90. The van der Waals surface area contributed by atoms with Gasteiger partial charge in [0.05, 0.1) is 19.5 Å². The van der Waals surface area contributed by atoms with Gasteiger partial charge in [-0.25, -0.2) is 14.6 Å². The third kappa shape index (κ3) is 23.0. The van der Waals surface area contributed by atoms with Crippen LogP contribution in [0.4, 0.5) is 0 Å². The Morgan fingerprint density at radius 3 is 1.53 bits per heavy atom. The number of aromatic carboxylic acids is 2. The van der Waals surface area contributed by atoms with E-state index in [0.29, 0.717) is 83.3 Å². The number of fused-ring (bicyclic) bond motifs is 4. The van der Waals surface area contributed by atoms with E-state index >= 15 is 9.59 Å². The van der Waals surface area contributed by atoms with Crippen LogP contribution in [0.2, 0.25) is 0 Å². The smallest absolute Gasteiger partial charge is 0.339 e. The number of aromatic amines is 3. The van der Waals surface area contributed by atoms with Gasteiger partial charge in [-0.05, 0) is 119 Å². The maximum Gasteiger partial charge on any atom is 0.339 e. The number of imidazole rings is 1. The van der Waals surface area contributed by atoms with Crippen molar-refractivity contribution in [3.63, 3.8) is 0 Å². The number of carbonyl (C=O) groups excluding carboxylic acids is 11. The molecule has 124 heavy (non-hydrogen) atoms. The molecule has 24 N–H and O–H groups in total. The topological polar surface area (TPSA) is 605 Å². The number of nitrogens with zero attached hydrogens (tertiary/aromatic N) is 3. The number of carboxylic acid groups (broad SMARTS) is 2. The monoisotopic (exact) mass is 1700 g/mol. The summed E-state index contributed by atoms with van der Waals surface area (Å²) in [5.74, 6) is -12.4. The molecule has 12 rings (SSSR count).